The van der Waals surface area contributed by atoms with E-state index >= 15 is 0 Å². The number of carbonyl (C=O) groups is 2. The van der Waals surface area contributed by atoms with Crippen LogP contribution in [0.25, 0.3) is 0 Å². The first-order valence-corrected chi connectivity index (χ1v) is 18.5. The second-order valence-electron chi connectivity index (χ2n) is 11.5. The van der Waals surface area contributed by atoms with Crippen molar-refractivity contribution in [3.8, 4) is 0 Å². The van der Waals surface area contributed by atoms with Gasteiger partial charge in [0.05, 0.1) is 29.2 Å². The van der Waals surface area contributed by atoms with Crippen LogP contribution in [0.2, 0.25) is 0 Å². The highest BCUT2D eigenvalue weighted by Gasteiger charge is 2.23. The van der Waals surface area contributed by atoms with Crippen molar-refractivity contribution in [1.29, 1.82) is 0 Å². The van der Waals surface area contributed by atoms with Gasteiger partial charge in [0.1, 0.15) is 0 Å². The first-order valence-electron chi connectivity index (χ1n) is 17.1. The van der Waals surface area contributed by atoms with Crippen molar-refractivity contribution >= 4 is 22.1 Å². The molecule has 0 saturated carbocycles. The van der Waals surface area contributed by atoms with Gasteiger partial charge >= 0.3 is 11.9 Å². The van der Waals surface area contributed by atoms with Crippen molar-refractivity contribution in [1.82, 2.24) is 0 Å². The highest BCUT2D eigenvalue weighted by molar-refractivity contribution is 7.85. The maximum Gasteiger partial charge on any atom is 0.339 e. The van der Waals surface area contributed by atoms with Gasteiger partial charge in [0.15, 0.2) is 0 Å². The van der Waals surface area contributed by atoms with E-state index in [2.05, 4.69) is 38.2 Å². The number of hydrogen-bond acceptors (Lipinski definition) is 6. The lowest BCUT2D eigenvalue weighted by molar-refractivity contribution is 0.0450. The molecule has 0 fully saturated rings. The SMILES string of the molecule is CCCC/C=C/CCCCCCCCOC(=O)c1ccc(S(=O)(=O)O)cc1C(=O)OCCCCCCCC/C=C/CCCC. The van der Waals surface area contributed by atoms with Gasteiger partial charge in [-0.2, -0.15) is 8.42 Å². The van der Waals surface area contributed by atoms with E-state index in [1.807, 2.05) is 0 Å². The van der Waals surface area contributed by atoms with Gasteiger partial charge in [0, 0.05) is 0 Å². The molecule has 0 spiro atoms. The van der Waals surface area contributed by atoms with Crippen molar-refractivity contribution in [3.05, 3.63) is 53.6 Å². The zero-order chi connectivity index (χ0) is 32.3. The molecule has 1 rings (SSSR count). The van der Waals surface area contributed by atoms with Gasteiger partial charge in [-0.3, -0.25) is 4.55 Å². The fourth-order valence-electron chi connectivity index (χ4n) is 4.77. The number of unbranched alkanes of at least 4 members (excludes halogenated alkanes) is 16. The Kier molecular flexibility index (Phi) is 23.2. The summed E-state index contributed by atoms with van der Waals surface area (Å²) in [6.45, 7) is 4.78. The quantitative estimate of drug-likeness (QED) is 0.0444. The molecule has 1 N–H and O–H groups in total. The Morgan fingerprint density at radius 2 is 0.977 bits per heavy atom. The lowest BCUT2D eigenvalue weighted by Crippen LogP contribution is -2.16. The zero-order valence-corrected chi connectivity index (χ0v) is 28.2. The summed E-state index contributed by atoms with van der Waals surface area (Å²) in [6.07, 6.45) is 30.9. The molecule has 0 heterocycles. The predicted molar refractivity (Wildman–Crippen MR) is 179 cm³/mol. The van der Waals surface area contributed by atoms with Crippen LogP contribution in [0.15, 0.2) is 47.4 Å². The fourth-order valence-corrected chi connectivity index (χ4v) is 5.28. The average molecular weight is 635 g/mol. The summed E-state index contributed by atoms with van der Waals surface area (Å²) in [5, 5.41) is 0. The van der Waals surface area contributed by atoms with E-state index in [0.717, 1.165) is 69.9 Å². The van der Waals surface area contributed by atoms with E-state index in [1.54, 1.807) is 0 Å². The van der Waals surface area contributed by atoms with Crippen molar-refractivity contribution < 1.29 is 32.0 Å². The number of rotatable bonds is 27. The lowest BCUT2D eigenvalue weighted by Gasteiger charge is -2.11. The van der Waals surface area contributed by atoms with Crippen LogP contribution in [0.5, 0.6) is 0 Å². The van der Waals surface area contributed by atoms with Crippen LogP contribution in [0.1, 0.15) is 163 Å². The molecule has 250 valence electrons. The number of hydrogen-bond donors (Lipinski definition) is 1. The molecule has 0 aliphatic carbocycles. The number of carbonyl (C=O) groups excluding carboxylic acids is 2. The van der Waals surface area contributed by atoms with Crippen LogP contribution in [0.4, 0.5) is 0 Å². The largest absolute Gasteiger partial charge is 0.462 e. The van der Waals surface area contributed by atoms with Crippen LogP contribution < -0.4 is 0 Å². The molecule has 0 aromatic heterocycles. The molecule has 0 aliphatic rings. The second kappa shape index (κ2) is 25.8. The lowest BCUT2D eigenvalue weighted by atomic mass is 10.1. The first kappa shape index (κ1) is 39.6. The maximum atomic E-state index is 12.8. The van der Waals surface area contributed by atoms with Gasteiger partial charge in [-0.1, -0.05) is 115 Å². The molecule has 7 nitrogen and oxygen atoms in total. The molecule has 8 heteroatoms. The molecule has 0 saturated heterocycles. The highest BCUT2D eigenvalue weighted by atomic mass is 32.2. The average Bonchev–Trinajstić information content (AvgIpc) is 3.00. The van der Waals surface area contributed by atoms with E-state index < -0.39 is 27.0 Å². The Labute approximate surface area is 267 Å². The molecule has 0 aliphatic heterocycles. The fraction of sp³-hybridized carbons (Fsp3) is 0.667. The minimum atomic E-state index is -4.56. The number of allylic oxidation sites excluding steroid dienone is 4. The van der Waals surface area contributed by atoms with Crippen LogP contribution >= 0.6 is 0 Å². The van der Waals surface area contributed by atoms with Crippen LogP contribution in [0, 0.1) is 0 Å². The molecule has 0 unspecified atom stereocenters. The van der Waals surface area contributed by atoms with Crippen molar-refractivity contribution in [2.45, 2.75) is 147 Å². The van der Waals surface area contributed by atoms with Gasteiger partial charge in [-0.05, 0) is 69.6 Å². The van der Waals surface area contributed by atoms with E-state index in [0.29, 0.717) is 12.8 Å². The summed E-state index contributed by atoms with van der Waals surface area (Å²) < 4.78 is 43.5. The normalized spacial score (nSPS) is 11.9. The standard InChI is InChI=1S/C36H58O7S/c1-3-5-7-9-11-13-15-17-19-21-23-25-29-42-35(37)33-28-27-32(44(39,40)41)31-34(33)36(38)43-30-26-24-22-20-18-16-14-12-10-8-6-4-2/h9-12,27-28,31H,3-8,13-26,29-30H2,1-2H3,(H,39,40,41)/b11-9+,12-10+. The Balaban J connectivity index is 2.39. The van der Waals surface area contributed by atoms with E-state index in [-0.39, 0.29) is 24.3 Å². The van der Waals surface area contributed by atoms with E-state index in [4.69, 9.17) is 9.47 Å². The minimum absolute atomic E-state index is 0.0712. The van der Waals surface area contributed by atoms with Crippen molar-refractivity contribution in [3.63, 3.8) is 0 Å². The summed E-state index contributed by atoms with van der Waals surface area (Å²) in [5.74, 6) is -1.52. The molecular formula is C36H58O7S. The maximum absolute atomic E-state index is 12.8. The third kappa shape index (κ3) is 19.8. The van der Waals surface area contributed by atoms with Crippen molar-refractivity contribution in [2.24, 2.45) is 0 Å². The smallest absolute Gasteiger partial charge is 0.339 e. The topological polar surface area (TPSA) is 107 Å². The molecule has 1 aromatic rings. The molecule has 0 radical (unpaired) electrons. The van der Waals surface area contributed by atoms with E-state index in [9.17, 15) is 22.6 Å². The van der Waals surface area contributed by atoms with E-state index in [1.165, 1.54) is 63.9 Å². The molecule has 44 heavy (non-hydrogen) atoms. The zero-order valence-electron chi connectivity index (χ0n) is 27.4. The van der Waals surface area contributed by atoms with Gasteiger partial charge in [-0.25, -0.2) is 9.59 Å². The summed E-state index contributed by atoms with van der Waals surface area (Å²) in [5.41, 5.74) is -0.293. The van der Waals surface area contributed by atoms with Crippen LogP contribution in [0.3, 0.4) is 0 Å². The van der Waals surface area contributed by atoms with Gasteiger partial charge in [-0.15, -0.1) is 0 Å². The Bertz CT molecular complexity index is 1080. The summed E-state index contributed by atoms with van der Waals surface area (Å²) in [6, 6.07) is 3.25. The molecule has 0 atom stereocenters. The number of ether oxygens (including phenoxy) is 2. The Morgan fingerprint density at radius 1 is 0.591 bits per heavy atom. The monoisotopic (exact) mass is 634 g/mol. The number of esters is 2. The Morgan fingerprint density at radius 3 is 1.41 bits per heavy atom. The number of benzene rings is 1. The van der Waals surface area contributed by atoms with Gasteiger partial charge < -0.3 is 9.47 Å². The molecular weight excluding hydrogens is 576 g/mol. The van der Waals surface area contributed by atoms with Gasteiger partial charge in [0.2, 0.25) is 0 Å². The molecule has 0 bridgehead atoms. The summed E-state index contributed by atoms with van der Waals surface area (Å²) in [4.78, 5) is 25.1. The minimum Gasteiger partial charge on any atom is -0.462 e. The summed E-state index contributed by atoms with van der Waals surface area (Å²) >= 11 is 0. The van der Waals surface area contributed by atoms with Crippen LogP contribution in [-0.4, -0.2) is 38.1 Å². The highest BCUT2D eigenvalue weighted by Crippen LogP contribution is 2.19. The van der Waals surface area contributed by atoms with Crippen molar-refractivity contribution in [2.75, 3.05) is 13.2 Å². The predicted octanol–water partition coefficient (Wildman–Crippen LogP) is 10.2. The molecule has 1 aromatic carbocycles. The second-order valence-corrected chi connectivity index (χ2v) is 12.9. The molecule has 0 amide bonds. The third-order valence-electron chi connectivity index (χ3n) is 7.51. The van der Waals surface area contributed by atoms with Gasteiger partial charge in [0.25, 0.3) is 10.1 Å². The third-order valence-corrected chi connectivity index (χ3v) is 8.36. The Hall–Kier alpha value is -2.45. The van der Waals surface area contributed by atoms with Crippen LogP contribution in [-0.2, 0) is 19.6 Å². The summed E-state index contributed by atoms with van der Waals surface area (Å²) in [7, 11) is -4.56. The first-order chi connectivity index (χ1) is 21.3.